The molecule has 2 aromatic carbocycles. The van der Waals surface area contributed by atoms with Crippen LogP contribution >= 0.6 is 20.8 Å². The summed E-state index contributed by atoms with van der Waals surface area (Å²) in [6.07, 6.45) is 0. The van der Waals surface area contributed by atoms with Crippen LogP contribution in [0.25, 0.3) is 22.0 Å². The zero-order chi connectivity index (χ0) is 15.0. The number of fused-ring (bicyclic) bond motifs is 1. The zero-order valence-electron chi connectivity index (χ0n) is 10.7. The van der Waals surface area contributed by atoms with Crippen molar-refractivity contribution >= 4 is 31.6 Å². The lowest BCUT2D eigenvalue weighted by atomic mass is 10.0. The molecule has 1 heterocycles. The van der Waals surface area contributed by atoms with Gasteiger partial charge in [-0.05, 0) is 0 Å². The Morgan fingerprint density at radius 3 is 2.14 bits per heavy atom. The number of alkyl halides is 2. The van der Waals surface area contributed by atoms with Gasteiger partial charge in [-0.15, -0.1) is 10.2 Å². The average molecular weight is 323 g/mol. The molecule has 0 N–H and O–H groups in total. The number of nitrogens with zero attached hydrogens (tertiary/aromatic N) is 2. The smallest absolute Gasteiger partial charge is 0.197 e. The van der Waals surface area contributed by atoms with Gasteiger partial charge >= 0.3 is 0 Å². The van der Waals surface area contributed by atoms with E-state index in [0.717, 1.165) is 10.8 Å². The van der Waals surface area contributed by atoms with E-state index in [-0.39, 0.29) is 5.56 Å². The summed E-state index contributed by atoms with van der Waals surface area (Å²) in [5.41, 5.74) is -1.67. The predicted octanol–water partition coefficient (Wildman–Crippen LogP) is 4.87. The van der Waals surface area contributed by atoms with Crippen LogP contribution in [0.2, 0.25) is 5.15 Å². The van der Waals surface area contributed by atoms with Gasteiger partial charge in [-0.25, -0.2) is 0 Å². The minimum atomic E-state index is -2.94. The van der Waals surface area contributed by atoms with Gasteiger partial charge in [0.2, 0.25) is 0 Å². The van der Waals surface area contributed by atoms with Gasteiger partial charge in [-0.2, -0.15) is 8.78 Å². The number of halogens is 3. The van der Waals surface area contributed by atoms with Gasteiger partial charge in [-0.1, -0.05) is 69.4 Å². The van der Waals surface area contributed by atoms with Crippen LogP contribution in [0.4, 0.5) is 8.78 Å². The van der Waals surface area contributed by atoms with E-state index in [9.17, 15) is 8.78 Å². The molecule has 2 nitrogen and oxygen atoms in total. The molecular formula is C15H10ClF2N2P. The lowest BCUT2D eigenvalue weighted by Crippen LogP contribution is -2.01. The first kappa shape index (κ1) is 14.3. The predicted molar refractivity (Wildman–Crippen MR) is 83.6 cm³/mol. The van der Waals surface area contributed by atoms with Crippen molar-refractivity contribution in [2.45, 2.75) is 5.66 Å². The summed E-state index contributed by atoms with van der Waals surface area (Å²) in [4.78, 5) is 0. The molecule has 1 unspecified atom stereocenters. The first-order chi connectivity index (χ1) is 9.97. The molecule has 21 heavy (non-hydrogen) atoms. The van der Waals surface area contributed by atoms with Gasteiger partial charge in [0.1, 0.15) is 5.69 Å². The van der Waals surface area contributed by atoms with Crippen LogP contribution in [-0.4, -0.2) is 10.2 Å². The molecular weight excluding hydrogens is 313 g/mol. The number of aromatic nitrogens is 2. The minimum absolute atomic E-state index is 0.0671. The molecule has 0 amide bonds. The van der Waals surface area contributed by atoms with Crippen molar-refractivity contribution in [1.29, 1.82) is 0 Å². The monoisotopic (exact) mass is 322 g/mol. The van der Waals surface area contributed by atoms with Crippen molar-refractivity contribution in [2.75, 3.05) is 0 Å². The van der Waals surface area contributed by atoms with Crippen LogP contribution in [0.3, 0.4) is 0 Å². The molecule has 0 bridgehead atoms. The maximum absolute atomic E-state index is 13.2. The third-order valence-corrected chi connectivity index (χ3v) is 3.80. The van der Waals surface area contributed by atoms with E-state index in [2.05, 4.69) is 10.2 Å². The third-order valence-electron chi connectivity index (χ3n) is 3.19. The van der Waals surface area contributed by atoms with E-state index < -0.39 is 5.66 Å². The summed E-state index contributed by atoms with van der Waals surface area (Å²) in [5, 5.41) is 9.95. The highest BCUT2D eigenvalue weighted by Crippen LogP contribution is 2.36. The lowest BCUT2D eigenvalue weighted by Gasteiger charge is -2.11. The molecule has 1 atom stereocenters. The topological polar surface area (TPSA) is 25.8 Å². The Kier molecular flexibility index (Phi) is 3.60. The number of rotatable bonds is 2. The van der Waals surface area contributed by atoms with E-state index in [0.29, 0.717) is 16.4 Å². The van der Waals surface area contributed by atoms with E-state index >= 15 is 0 Å². The molecule has 0 saturated carbocycles. The molecule has 0 aliphatic heterocycles. The van der Waals surface area contributed by atoms with Crippen LogP contribution < -0.4 is 0 Å². The SMILES string of the molecule is FC(F)(P)c1ccc(-c2nnc(Cl)c3ccccc23)cc1. The molecule has 0 aliphatic carbocycles. The molecule has 0 aliphatic rings. The van der Waals surface area contributed by atoms with Gasteiger partial charge < -0.3 is 0 Å². The van der Waals surface area contributed by atoms with Gasteiger partial charge in [0, 0.05) is 21.9 Å². The third kappa shape index (κ3) is 2.74. The summed E-state index contributed by atoms with van der Waals surface area (Å²) in [6, 6.07) is 13.4. The maximum Gasteiger partial charge on any atom is 0.283 e. The highest BCUT2D eigenvalue weighted by atomic mass is 35.5. The molecule has 0 saturated heterocycles. The minimum Gasteiger partial charge on any atom is -0.197 e. The summed E-state index contributed by atoms with van der Waals surface area (Å²) in [6.45, 7) is 0. The molecule has 0 fully saturated rings. The van der Waals surface area contributed by atoms with Gasteiger partial charge in [0.25, 0.3) is 5.66 Å². The summed E-state index contributed by atoms with van der Waals surface area (Å²) >= 11 is 6.03. The van der Waals surface area contributed by atoms with Crippen molar-refractivity contribution in [1.82, 2.24) is 10.2 Å². The Bertz CT molecular complexity index is 801. The Labute approximate surface area is 127 Å². The fourth-order valence-corrected chi connectivity index (χ4v) is 2.53. The Balaban J connectivity index is 2.15. The number of benzene rings is 2. The second-order valence-corrected chi connectivity index (χ2v) is 5.67. The lowest BCUT2D eigenvalue weighted by molar-refractivity contribution is 0.104. The molecule has 0 radical (unpaired) electrons. The van der Waals surface area contributed by atoms with Crippen molar-refractivity contribution in [3.05, 3.63) is 59.2 Å². The van der Waals surface area contributed by atoms with Crippen molar-refractivity contribution < 1.29 is 8.78 Å². The highest BCUT2D eigenvalue weighted by Gasteiger charge is 2.24. The first-order valence-electron chi connectivity index (χ1n) is 6.15. The zero-order valence-corrected chi connectivity index (χ0v) is 12.6. The van der Waals surface area contributed by atoms with Crippen LogP contribution in [0.5, 0.6) is 0 Å². The number of hydrogen-bond acceptors (Lipinski definition) is 2. The molecule has 106 valence electrons. The molecule has 0 spiro atoms. The molecule has 1 aromatic heterocycles. The molecule has 3 rings (SSSR count). The highest BCUT2D eigenvalue weighted by molar-refractivity contribution is 7.17. The van der Waals surface area contributed by atoms with Gasteiger partial charge in [0.05, 0.1) is 0 Å². The summed E-state index contributed by atoms with van der Waals surface area (Å²) < 4.78 is 26.4. The average Bonchev–Trinajstić information content (AvgIpc) is 2.47. The van der Waals surface area contributed by atoms with E-state index in [1.807, 2.05) is 24.3 Å². The largest absolute Gasteiger partial charge is 0.283 e. The van der Waals surface area contributed by atoms with Crippen LogP contribution in [0.15, 0.2) is 48.5 Å². The van der Waals surface area contributed by atoms with E-state index in [1.165, 1.54) is 21.4 Å². The van der Waals surface area contributed by atoms with Gasteiger partial charge in [-0.3, -0.25) is 0 Å². The Hall–Kier alpha value is -1.64. The second kappa shape index (κ2) is 5.28. The van der Waals surface area contributed by atoms with Crippen molar-refractivity contribution in [3.63, 3.8) is 0 Å². The van der Waals surface area contributed by atoms with Crippen molar-refractivity contribution in [3.8, 4) is 11.3 Å². The Morgan fingerprint density at radius 2 is 1.52 bits per heavy atom. The maximum atomic E-state index is 13.2. The fraction of sp³-hybridized carbons (Fsp3) is 0.0667. The summed E-state index contributed by atoms with van der Waals surface area (Å²) in [5.74, 6) is 0. The first-order valence-corrected chi connectivity index (χ1v) is 7.11. The Morgan fingerprint density at radius 1 is 0.905 bits per heavy atom. The van der Waals surface area contributed by atoms with Gasteiger partial charge in [0.15, 0.2) is 5.15 Å². The standard InChI is InChI=1S/C15H10ClF2N2P/c16-14-12-4-2-1-3-11(12)13(19-20-14)9-5-7-10(8-6-9)15(17,18)21/h1-8H,21H2. The van der Waals surface area contributed by atoms with Crippen LogP contribution in [0, 0.1) is 0 Å². The quantitative estimate of drug-likeness (QED) is 0.629. The van der Waals surface area contributed by atoms with Crippen LogP contribution in [-0.2, 0) is 5.66 Å². The van der Waals surface area contributed by atoms with E-state index in [4.69, 9.17) is 11.6 Å². The number of hydrogen-bond donors (Lipinski definition) is 0. The molecule has 3 aromatic rings. The fourth-order valence-electron chi connectivity index (χ4n) is 2.13. The normalized spacial score (nSPS) is 11.8. The van der Waals surface area contributed by atoms with Crippen LogP contribution in [0.1, 0.15) is 5.56 Å². The van der Waals surface area contributed by atoms with Crippen molar-refractivity contribution in [2.24, 2.45) is 0 Å². The second-order valence-electron chi connectivity index (χ2n) is 4.59. The van der Waals surface area contributed by atoms with E-state index in [1.54, 1.807) is 12.1 Å². The molecule has 6 heteroatoms. The summed E-state index contributed by atoms with van der Waals surface area (Å²) in [7, 11) is 1.52.